The lowest BCUT2D eigenvalue weighted by Crippen LogP contribution is -2.09. The summed E-state index contributed by atoms with van der Waals surface area (Å²) in [6.45, 7) is 0. The molecule has 0 saturated heterocycles. The second-order valence-corrected chi connectivity index (χ2v) is 6.04. The van der Waals surface area contributed by atoms with Crippen LogP contribution in [0.15, 0.2) is 58.8 Å². The van der Waals surface area contributed by atoms with Gasteiger partial charge in [0.05, 0.1) is 24.7 Å². The zero-order valence-electron chi connectivity index (χ0n) is 11.6. The smallest absolute Gasteiger partial charge is 0.229 e. The molecule has 6 nitrogen and oxygen atoms in total. The van der Waals surface area contributed by atoms with Gasteiger partial charge in [0.2, 0.25) is 10.0 Å². The van der Waals surface area contributed by atoms with E-state index in [4.69, 9.17) is 4.74 Å². The first-order valence-electron chi connectivity index (χ1n) is 6.10. The van der Waals surface area contributed by atoms with Crippen LogP contribution in [0.2, 0.25) is 0 Å². The monoisotopic (exact) mass is 305 g/mol. The van der Waals surface area contributed by atoms with Gasteiger partial charge >= 0.3 is 0 Å². The number of sulfonamides is 1. The van der Waals surface area contributed by atoms with Crippen LogP contribution in [0.1, 0.15) is 0 Å². The first-order chi connectivity index (χ1) is 9.98. The molecule has 0 spiro atoms. The van der Waals surface area contributed by atoms with Gasteiger partial charge in [0.15, 0.2) is 0 Å². The summed E-state index contributed by atoms with van der Waals surface area (Å²) >= 11 is 0. The van der Waals surface area contributed by atoms with Gasteiger partial charge in [-0.3, -0.25) is 4.72 Å². The number of nitrogens with zero attached hydrogens (tertiary/aromatic N) is 2. The lowest BCUT2D eigenvalue weighted by molar-refractivity contribution is 0.416. The minimum absolute atomic E-state index is 0.410. The Morgan fingerprint density at radius 2 is 1.76 bits per heavy atom. The lowest BCUT2D eigenvalue weighted by Gasteiger charge is -2.08. The number of azo groups is 1. The zero-order chi connectivity index (χ0) is 15.3. The number of hydrogen-bond donors (Lipinski definition) is 1. The van der Waals surface area contributed by atoms with Crippen LogP contribution in [0.25, 0.3) is 0 Å². The Balaban J connectivity index is 2.26. The molecule has 0 aliphatic heterocycles. The Morgan fingerprint density at radius 1 is 1.05 bits per heavy atom. The number of anilines is 1. The van der Waals surface area contributed by atoms with Crippen LogP contribution in [0.5, 0.6) is 5.75 Å². The Morgan fingerprint density at radius 3 is 2.38 bits per heavy atom. The molecule has 0 bridgehead atoms. The minimum atomic E-state index is -3.33. The van der Waals surface area contributed by atoms with Crippen LogP contribution in [-0.4, -0.2) is 21.8 Å². The van der Waals surface area contributed by atoms with Gasteiger partial charge < -0.3 is 4.74 Å². The summed E-state index contributed by atoms with van der Waals surface area (Å²) < 4.78 is 30.0. The number of benzene rings is 2. The van der Waals surface area contributed by atoms with Gasteiger partial charge in [-0.1, -0.05) is 18.2 Å². The predicted molar refractivity (Wildman–Crippen MR) is 82.1 cm³/mol. The average molecular weight is 305 g/mol. The van der Waals surface area contributed by atoms with Crippen LogP contribution in [0.3, 0.4) is 0 Å². The minimum Gasteiger partial charge on any atom is -0.494 e. The normalized spacial score (nSPS) is 11.5. The van der Waals surface area contributed by atoms with E-state index in [0.717, 1.165) is 11.9 Å². The molecular formula is C14H15N3O3S. The summed E-state index contributed by atoms with van der Waals surface area (Å²) in [5.74, 6) is 0.434. The predicted octanol–water partition coefficient (Wildman–Crippen LogP) is 3.48. The van der Waals surface area contributed by atoms with E-state index >= 15 is 0 Å². The van der Waals surface area contributed by atoms with E-state index in [1.54, 1.807) is 18.2 Å². The highest BCUT2D eigenvalue weighted by molar-refractivity contribution is 7.92. The van der Waals surface area contributed by atoms with Gasteiger partial charge in [0.1, 0.15) is 11.4 Å². The molecular weight excluding hydrogens is 290 g/mol. The maximum absolute atomic E-state index is 11.2. The topological polar surface area (TPSA) is 80.1 Å². The highest BCUT2D eigenvalue weighted by Gasteiger charge is 2.07. The van der Waals surface area contributed by atoms with Gasteiger partial charge in [0.25, 0.3) is 0 Å². The highest BCUT2D eigenvalue weighted by atomic mass is 32.2. The van der Waals surface area contributed by atoms with E-state index in [0.29, 0.717) is 17.1 Å². The molecule has 0 atom stereocenters. The fraction of sp³-hybridized carbons (Fsp3) is 0.143. The number of hydrogen-bond acceptors (Lipinski definition) is 5. The molecule has 0 aromatic heterocycles. The number of methoxy groups -OCH3 is 1. The van der Waals surface area contributed by atoms with Crippen molar-refractivity contribution < 1.29 is 13.2 Å². The first kappa shape index (κ1) is 15.0. The molecule has 0 aliphatic carbocycles. The SMILES string of the molecule is COc1cc(NS(C)(=O)=O)ccc1N=Nc1ccccc1. The van der Waals surface area contributed by atoms with Gasteiger partial charge in [0, 0.05) is 6.07 Å². The van der Waals surface area contributed by atoms with Crippen molar-refractivity contribution in [3.8, 4) is 5.75 Å². The molecule has 0 heterocycles. The molecule has 21 heavy (non-hydrogen) atoms. The Bertz CT molecular complexity index is 743. The summed E-state index contributed by atoms with van der Waals surface area (Å²) in [5, 5.41) is 8.20. The van der Waals surface area contributed by atoms with Crippen molar-refractivity contribution in [3.05, 3.63) is 48.5 Å². The fourth-order valence-electron chi connectivity index (χ4n) is 1.64. The largest absolute Gasteiger partial charge is 0.494 e. The van der Waals surface area contributed by atoms with Gasteiger partial charge in [-0.2, -0.15) is 5.11 Å². The molecule has 1 N–H and O–H groups in total. The van der Waals surface area contributed by atoms with Crippen LogP contribution in [0, 0.1) is 0 Å². The molecule has 0 radical (unpaired) electrons. The van der Waals surface area contributed by atoms with Gasteiger partial charge in [-0.15, -0.1) is 5.11 Å². The van der Waals surface area contributed by atoms with Crippen LogP contribution < -0.4 is 9.46 Å². The quantitative estimate of drug-likeness (QED) is 0.859. The maximum atomic E-state index is 11.2. The lowest BCUT2D eigenvalue weighted by atomic mass is 10.2. The Kier molecular flexibility index (Phi) is 4.54. The number of nitrogens with one attached hydrogen (secondary N) is 1. The molecule has 0 fully saturated rings. The second-order valence-electron chi connectivity index (χ2n) is 4.30. The third kappa shape index (κ3) is 4.57. The third-order valence-corrected chi connectivity index (χ3v) is 3.12. The Hall–Kier alpha value is -2.41. The van der Waals surface area contributed by atoms with E-state index in [-0.39, 0.29) is 0 Å². The molecule has 0 amide bonds. The van der Waals surface area contributed by atoms with E-state index < -0.39 is 10.0 Å². The highest BCUT2D eigenvalue weighted by Crippen LogP contribution is 2.32. The first-order valence-corrected chi connectivity index (χ1v) is 8.00. The fourth-order valence-corrected chi connectivity index (χ4v) is 2.20. The molecule has 2 aromatic rings. The summed E-state index contributed by atoms with van der Waals surface area (Å²) in [6.07, 6.45) is 1.09. The molecule has 0 unspecified atom stereocenters. The van der Waals surface area contributed by atoms with Crippen LogP contribution in [0.4, 0.5) is 17.1 Å². The van der Waals surface area contributed by atoms with E-state index in [2.05, 4.69) is 15.0 Å². The summed E-state index contributed by atoms with van der Waals surface area (Å²) in [5.41, 5.74) is 1.64. The van der Waals surface area contributed by atoms with Crippen LogP contribution >= 0.6 is 0 Å². The summed E-state index contributed by atoms with van der Waals surface area (Å²) in [7, 11) is -1.84. The van der Waals surface area contributed by atoms with Gasteiger partial charge in [-0.05, 0) is 24.3 Å². The van der Waals surface area contributed by atoms with Crippen molar-refractivity contribution in [2.75, 3.05) is 18.1 Å². The molecule has 0 aliphatic rings. The van der Waals surface area contributed by atoms with Crippen molar-refractivity contribution in [2.24, 2.45) is 10.2 Å². The number of rotatable bonds is 5. The van der Waals surface area contributed by atoms with Crippen molar-refractivity contribution in [1.29, 1.82) is 0 Å². The van der Waals surface area contributed by atoms with Crippen molar-refractivity contribution in [2.45, 2.75) is 0 Å². The van der Waals surface area contributed by atoms with Crippen molar-refractivity contribution in [3.63, 3.8) is 0 Å². The molecule has 0 saturated carbocycles. The van der Waals surface area contributed by atoms with Crippen molar-refractivity contribution >= 4 is 27.1 Å². The second kappa shape index (κ2) is 6.36. The van der Waals surface area contributed by atoms with Gasteiger partial charge in [-0.25, -0.2) is 8.42 Å². The summed E-state index contributed by atoms with van der Waals surface area (Å²) in [6, 6.07) is 14.1. The molecule has 2 aromatic carbocycles. The van der Waals surface area contributed by atoms with E-state index in [1.165, 1.54) is 7.11 Å². The third-order valence-electron chi connectivity index (χ3n) is 2.51. The Labute approximate surface area is 123 Å². The molecule has 110 valence electrons. The van der Waals surface area contributed by atoms with Crippen LogP contribution in [-0.2, 0) is 10.0 Å². The maximum Gasteiger partial charge on any atom is 0.229 e. The van der Waals surface area contributed by atoms with E-state index in [9.17, 15) is 8.42 Å². The van der Waals surface area contributed by atoms with Crippen molar-refractivity contribution in [1.82, 2.24) is 0 Å². The van der Waals surface area contributed by atoms with E-state index in [1.807, 2.05) is 30.3 Å². The number of ether oxygens (including phenoxy) is 1. The standard InChI is InChI=1S/C14H15N3O3S/c1-20-14-10-12(17-21(2,18)19)8-9-13(14)16-15-11-6-4-3-5-7-11/h3-10,17H,1-2H3. The average Bonchev–Trinajstić information content (AvgIpc) is 2.45. The molecule has 7 heteroatoms. The zero-order valence-corrected chi connectivity index (χ0v) is 12.5. The summed E-state index contributed by atoms with van der Waals surface area (Å²) in [4.78, 5) is 0. The molecule has 2 rings (SSSR count).